The number of amides is 2. The molecule has 0 aliphatic heterocycles. The van der Waals surface area contributed by atoms with Gasteiger partial charge in [-0.25, -0.2) is 4.39 Å². The first-order chi connectivity index (χ1) is 12.2. The van der Waals surface area contributed by atoms with Crippen LogP contribution < -0.4 is 15.6 Å². The summed E-state index contributed by atoms with van der Waals surface area (Å²) in [4.78, 5) is 24.0. The van der Waals surface area contributed by atoms with Crippen LogP contribution in [0.15, 0.2) is 48.5 Å². The van der Waals surface area contributed by atoms with Crippen molar-refractivity contribution < 1.29 is 18.7 Å². The number of hydrogen-bond donors (Lipinski definition) is 2. The Bertz CT molecular complexity index is 800. The molecule has 0 heterocycles. The van der Waals surface area contributed by atoms with Gasteiger partial charge in [0.05, 0.1) is 5.56 Å². The number of halogens is 1. The lowest BCUT2D eigenvalue weighted by atomic mass is 9.87. The van der Waals surface area contributed by atoms with Crippen LogP contribution in [-0.2, 0) is 10.2 Å². The minimum Gasteiger partial charge on any atom is -0.481 e. The predicted octanol–water partition coefficient (Wildman–Crippen LogP) is 3.35. The number of hydrazine groups is 1. The second kappa shape index (κ2) is 7.99. The average molecular weight is 358 g/mol. The summed E-state index contributed by atoms with van der Waals surface area (Å²) in [6.07, 6.45) is -0.842. The molecule has 0 aliphatic carbocycles. The van der Waals surface area contributed by atoms with Crippen LogP contribution in [0.2, 0.25) is 0 Å². The molecule has 2 N–H and O–H groups in total. The Balaban J connectivity index is 1.94. The molecule has 5 nitrogen and oxygen atoms in total. The maximum Gasteiger partial charge on any atom is 0.279 e. The van der Waals surface area contributed by atoms with E-state index in [4.69, 9.17) is 4.74 Å². The zero-order valence-corrected chi connectivity index (χ0v) is 15.3. The number of hydrogen-bond acceptors (Lipinski definition) is 3. The molecule has 0 radical (unpaired) electrons. The number of carbonyl (C=O) groups is 2. The molecular weight excluding hydrogens is 335 g/mol. The van der Waals surface area contributed by atoms with Gasteiger partial charge in [-0.2, -0.15) is 0 Å². The lowest BCUT2D eigenvalue weighted by Crippen LogP contribution is -2.47. The fourth-order valence-corrected chi connectivity index (χ4v) is 2.23. The fraction of sp³-hybridized carbons (Fsp3) is 0.300. The van der Waals surface area contributed by atoms with Crippen LogP contribution in [0.25, 0.3) is 0 Å². The van der Waals surface area contributed by atoms with E-state index in [1.54, 1.807) is 13.0 Å². The van der Waals surface area contributed by atoms with E-state index in [9.17, 15) is 14.0 Å². The van der Waals surface area contributed by atoms with Crippen molar-refractivity contribution in [2.24, 2.45) is 0 Å². The van der Waals surface area contributed by atoms with Gasteiger partial charge in [-0.1, -0.05) is 45.0 Å². The topological polar surface area (TPSA) is 67.4 Å². The van der Waals surface area contributed by atoms with E-state index in [1.807, 2.05) is 18.2 Å². The number of benzene rings is 2. The Morgan fingerprint density at radius 1 is 1.04 bits per heavy atom. The first kappa shape index (κ1) is 19.4. The number of ether oxygens (including phenoxy) is 1. The molecule has 0 saturated heterocycles. The lowest BCUT2D eigenvalue weighted by molar-refractivity contribution is -0.128. The Labute approximate surface area is 152 Å². The van der Waals surface area contributed by atoms with E-state index in [2.05, 4.69) is 31.6 Å². The molecule has 1 atom stereocenters. The molecule has 138 valence electrons. The summed E-state index contributed by atoms with van der Waals surface area (Å²) in [6.45, 7) is 7.82. The smallest absolute Gasteiger partial charge is 0.279 e. The van der Waals surface area contributed by atoms with E-state index in [-0.39, 0.29) is 11.0 Å². The Hall–Kier alpha value is -2.89. The van der Waals surface area contributed by atoms with Crippen molar-refractivity contribution in [3.8, 4) is 5.75 Å². The van der Waals surface area contributed by atoms with Crippen LogP contribution in [0.4, 0.5) is 4.39 Å². The maximum absolute atomic E-state index is 13.5. The Morgan fingerprint density at radius 2 is 1.73 bits per heavy atom. The van der Waals surface area contributed by atoms with Crippen LogP contribution in [0, 0.1) is 5.82 Å². The largest absolute Gasteiger partial charge is 0.481 e. The van der Waals surface area contributed by atoms with Crippen molar-refractivity contribution in [3.63, 3.8) is 0 Å². The summed E-state index contributed by atoms with van der Waals surface area (Å²) in [5, 5.41) is 0. The third-order valence-electron chi connectivity index (χ3n) is 3.80. The maximum atomic E-state index is 13.5. The summed E-state index contributed by atoms with van der Waals surface area (Å²) in [7, 11) is 0. The monoisotopic (exact) mass is 358 g/mol. The molecule has 0 spiro atoms. The minimum absolute atomic E-state index is 0.0431. The van der Waals surface area contributed by atoms with Gasteiger partial charge in [-0.15, -0.1) is 0 Å². The molecule has 0 saturated carbocycles. The molecule has 0 aliphatic rings. The second-order valence-corrected chi connectivity index (χ2v) is 6.96. The normalized spacial score (nSPS) is 12.2. The van der Waals surface area contributed by atoms with Crippen molar-refractivity contribution in [1.29, 1.82) is 0 Å². The van der Waals surface area contributed by atoms with Crippen LogP contribution in [0.3, 0.4) is 0 Å². The van der Waals surface area contributed by atoms with E-state index < -0.39 is 23.7 Å². The molecule has 2 rings (SSSR count). The van der Waals surface area contributed by atoms with Crippen molar-refractivity contribution in [3.05, 3.63) is 65.5 Å². The number of carbonyl (C=O) groups excluding carboxylic acids is 2. The Morgan fingerprint density at radius 3 is 2.38 bits per heavy atom. The molecule has 2 amide bonds. The minimum atomic E-state index is -0.842. The summed E-state index contributed by atoms with van der Waals surface area (Å²) in [6, 6.07) is 13.0. The summed E-state index contributed by atoms with van der Waals surface area (Å²) in [5.41, 5.74) is 5.31. The van der Waals surface area contributed by atoms with Crippen molar-refractivity contribution in [2.75, 3.05) is 0 Å². The molecule has 6 heteroatoms. The molecule has 2 aromatic carbocycles. The third-order valence-corrected chi connectivity index (χ3v) is 3.80. The first-order valence-electron chi connectivity index (χ1n) is 8.30. The predicted molar refractivity (Wildman–Crippen MR) is 97.2 cm³/mol. The SMILES string of the molecule is CC(Oc1cccc(C(C)(C)C)c1)C(=O)NNC(=O)c1ccccc1F. The highest BCUT2D eigenvalue weighted by Crippen LogP contribution is 2.26. The average Bonchev–Trinajstić information content (AvgIpc) is 2.59. The highest BCUT2D eigenvalue weighted by Gasteiger charge is 2.19. The van der Waals surface area contributed by atoms with Crippen molar-refractivity contribution in [2.45, 2.75) is 39.2 Å². The fourth-order valence-electron chi connectivity index (χ4n) is 2.23. The van der Waals surface area contributed by atoms with Gasteiger partial charge >= 0.3 is 0 Å². The number of rotatable bonds is 4. The van der Waals surface area contributed by atoms with Gasteiger partial charge in [0.25, 0.3) is 11.8 Å². The van der Waals surface area contributed by atoms with E-state index in [0.717, 1.165) is 5.56 Å². The van der Waals surface area contributed by atoms with Crippen LogP contribution in [-0.4, -0.2) is 17.9 Å². The molecule has 0 fully saturated rings. The van der Waals surface area contributed by atoms with Gasteiger partial charge in [0.15, 0.2) is 6.10 Å². The standard InChI is InChI=1S/C20H23FN2O3/c1-13(26-15-9-7-8-14(12-15)20(2,3)4)18(24)22-23-19(25)16-10-5-6-11-17(16)21/h5-13H,1-4H3,(H,22,24)(H,23,25). The molecule has 0 aromatic heterocycles. The second-order valence-electron chi connectivity index (χ2n) is 6.96. The highest BCUT2D eigenvalue weighted by atomic mass is 19.1. The molecule has 2 aromatic rings. The first-order valence-corrected chi connectivity index (χ1v) is 8.30. The molecule has 0 bridgehead atoms. The third kappa shape index (κ3) is 5.05. The van der Waals surface area contributed by atoms with Gasteiger partial charge in [0.1, 0.15) is 11.6 Å². The van der Waals surface area contributed by atoms with Crippen LogP contribution in [0.1, 0.15) is 43.6 Å². The van der Waals surface area contributed by atoms with Crippen molar-refractivity contribution in [1.82, 2.24) is 10.9 Å². The molecule has 26 heavy (non-hydrogen) atoms. The van der Waals surface area contributed by atoms with Crippen molar-refractivity contribution >= 4 is 11.8 Å². The van der Waals surface area contributed by atoms with E-state index >= 15 is 0 Å². The quantitative estimate of drug-likeness (QED) is 0.824. The zero-order valence-electron chi connectivity index (χ0n) is 15.3. The van der Waals surface area contributed by atoms with Crippen LogP contribution in [0.5, 0.6) is 5.75 Å². The van der Waals surface area contributed by atoms with E-state index in [1.165, 1.54) is 24.3 Å². The van der Waals surface area contributed by atoms with Gasteiger partial charge < -0.3 is 4.74 Å². The van der Waals surface area contributed by atoms with Crippen LogP contribution >= 0.6 is 0 Å². The van der Waals surface area contributed by atoms with Gasteiger partial charge in [-0.05, 0) is 42.2 Å². The summed E-state index contributed by atoms with van der Waals surface area (Å²) < 4.78 is 19.2. The molecular formula is C20H23FN2O3. The summed E-state index contributed by atoms with van der Waals surface area (Å²) >= 11 is 0. The highest BCUT2D eigenvalue weighted by molar-refractivity contribution is 5.95. The molecule has 1 unspecified atom stereocenters. The number of nitrogens with one attached hydrogen (secondary N) is 2. The van der Waals surface area contributed by atoms with Gasteiger partial charge in [-0.3, -0.25) is 20.4 Å². The van der Waals surface area contributed by atoms with Gasteiger partial charge in [0.2, 0.25) is 0 Å². The van der Waals surface area contributed by atoms with Gasteiger partial charge in [0, 0.05) is 0 Å². The lowest BCUT2D eigenvalue weighted by Gasteiger charge is -2.21. The van der Waals surface area contributed by atoms with E-state index in [0.29, 0.717) is 5.75 Å². The Kier molecular flexibility index (Phi) is 5.97. The zero-order chi connectivity index (χ0) is 19.3. The summed E-state index contributed by atoms with van der Waals surface area (Å²) in [5.74, 6) is -1.39.